The lowest BCUT2D eigenvalue weighted by atomic mass is 9.83. The predicted molar refractivity (Wildman–Crippen MR) is 99.2 cm³/mol. The van der Waals surface area contributed by atoms with E-state index in [9.17, 15) is 22.8 Å². The summed E-state index contributed by atoms with van der Waals surface area (Å²) in [5.41, 5.74) is -2.78. The standard InChI is InChI=1S/C17H20N4O6S/c1-8-13(28(25,26)12-6-7-19-16(24)21-12)9(2)15(20-10(3)22)17(5,14(8)18)27-11(4)23/h6-7,18H,1-5H3,(H,20,22)(H,19,21,24). The van der Waals surface area contributed by atoms with E-state index >= 15 is 0 Å². The summed E-state index contributed by atoms with van der Waals surface area (Å²) in [6, 6.07) is 1.12. The highest BCUT2D eigenvalue weighted by Crippen LogP contribution is 2.40. The molecule has 1 unspecified atom stereocenters. The van der Waals surface area contributed by atoms with Gasteiger partial charge in [0.1, 0.15) is 5.03 Å². The van der Waals surface area contributed by atoms with Crippen LogP contribution in [0, 0.1) is 5.41 Å². The van der Waals surface area contributed by atoms with Crippen molar-refractivity contribution in [1.82, 2.24) is 15.3 Å². The zero-order valence-corrected chi connectivity index (χ0v) is 16.8. The van der Waals surface area contributed by atoms with Crippen molar-refractivity contribution in [1.29, 1.82) is 5.41 Å². The number of carbonyl (C=O) groups is 2. The molecule has 3 N–H and O–H groups in total. The van der Waals surface area contributed by atoms with Crippen LogP contribution < -0.4 is 11.0 Å². The molecule has 1 aromatic heterocycles. The Labute approximate surface area is 161 Å². The molecule has 1 amide bonds. The maximum atomic E-state index is 13.2. The zero-order chi connectivity index (χ0) is 21.4. The molecule has 1 heterocycles. The number of ether oxygens (including phenoxy) is 1. The van der Waals surface area contributed by atoms with Crippen LogP contribution >= 0.6 is 0 Å². The van der Waals surface area contributed by atoms with Gasteiger partial charge in [0.25, 0.3) is 0 Å². The third-order valence-electron chi connectivity index (χ3n) is 4.24. The molecule has 1 aliphatic rings. The van der Waals surface area contributed by atoms with Crippen LogP contribution in [-0.4, -0.2) is 41.6 Å². The molecule has 1 aliphatic carbocycles. The number of rotatable bonds is 4. The van der Waals surface area contributed by atoms with Gasteiger partial charge < -0.3 is 15.5 Å². The molecule has 0 aliphatic heterocycles. The number of nitrogens with zero attached hydrogens (tertiary/aromatic N) is 1. The second-order valence-electron chi connectivity index (χ2n) is 6.38. The van der Waals surface area contributed by atoms with Crippen molar-refractivity contribution in [3.05, 3.63) is 44.5 Å². The third kappa shape index (κ3) is 3.52. The normalized spacial score (nSPS) is 20.2. The van der Waals surface area contributed by atoms with Gasteiger partial charge in [0.2, 0.25) is 15.7 Å². The van der Waals surface area contributed by atoms with E-state index in [0.717, 1.165) is 19.2 Å². The van der Waals surface area contributed by atoms with Crippen molar-refractivity contribution in [2.75, 3.05) is 0 Å². The van der Waals surface area contributed by atoms with Crippen molar-refractivity contribution < 1.29 is 22.7 Å². The summed E-state index contributed by atoms with van der Waals surface area (Å²) < 4.78 is 31.6. The number of esters is 1. The fourth-order valence-corrected chi connectivity index (χ4v) is 4.84. The first-order valence-corrected chi connectivity index (χ1v) is 9.60. The van der Waals surface area contributed by atoms with Crippen molar-refractivity contribution >= 4 is 27.4 Å². The van der Waals surface area contributed by atoms with Gasteiger partial charge in [0.15, 0.2) is 5.60 Å². The fraction of sp³-hybridized carbons (Fsp3) is 0.353. The van der Waals surface area contributed by atoms with Gasteiger partial charge in [-0.1, -0.05) is 0 Å². The molecule has 11 heteroatoms. The van der Waals surface area contributed by atoms with Gasteiger partial charge in [-0.2, -0.15) is 0 Å². The second-order valence-corrected chi connectivity index (χ2v) is 8.23. The fourth-order valence-electron chi connectivity index (χ4n) is 3.15. The van der Waals surface area contributed by atoms with Gasteiger partial charge in [-0.25, -0.2) is 18.2 Å². The molecule has 150 valence electrons. The number of nitrogens with one attached hydrogen (secondary N) is 3. The van der Waals surface area contributed by atoms with E-state index in [-0.39, 0.29) is 27.5 Å². The number of hydrogen-bond donors (Lipinski definition) is 3. The molecule has 0 saturated heterocycles. The SMILES string of the molecule is CC(=O)NC1=C(C)C(S(=O)(=O)c2ccnc(=O)[nH]2)=C(C)C(=N)C1(C)OC(C)=O. The van der Waals surface area contributed by atoms with Gasteiger partial charge in [0.05, 0.1) is 16.3 Å². The highest BCUT2D eigenvalue weighted by atomic mass is 32.2. The largest absolute Gasteiger partial charge is 0.446 e. The molecule has 0 spiro atoms. The van der Waals surface area contributed by atoms with Crippen LogP contribution in [0.25, 0.3) is 0 Å². The molecule has 10 nitrogen and oxygen atoms in total. The zero-order valence-electron chi connectivity index (χ0n) is 16.0. The molecule has 2 rings (SSSR count). The van der Waals surface area contributed by atoms with Gasteiger partial charge >= 0.3 is 11.7 Å². The molecule has 0 aromatic carbocycles. The second kappa shape index (κ2) is 7.15. The Morgan fingerprint density at radius 2 is 1.86 bits per heavy atom. The average molecular weight is 408 g/mol. The van der Waals surface area contributed by atoms with Gasteiger partial charge in [-0.3, -0.25) is 14.6 Å². The summed E-state index contributed by atoms with van der Waals surface area (Å²) in [7, 11) is -4.27. The Bertz CT molecular complexity index is 1110. The van der Waals surface area contributed by atoms with Gasteiger partial charge in [-0.05, 0) is 38.0 Å². The van der Waals surface area contributed by atoms with E-state index < -0.39 is 38.0 Å². The van der Waals surface area contributed by atoms with Gasteiger partial charge in [0, 0.05) is 20.0 Å². The number of hydrogen-bond acceptors (Lipinski definition) is 8. The summed E-state index contributed by atoms with van der Waals surface area (Å²) in [6.45, 7) is 6.57. The molecule has 0 radical (unpaired) electrons. The Hall–Kier alpha value is -3.08. The maximum absolute atomic E-state index is 13.2. The van der Waals surface area contributed by atoms with Crippen LogP contribution in [0.1, 0.15) is 34.6 Å². The first-order valence-electron chi connectivity index (χ1n) is 8.12. The topological polar surface area (TPSA) is 159 Å². The van der Waals surface area contributed by atoms with E-state index in [1.807, 2.05) is 0 Å². The molecule has 1 atom stereocenters. The number of aromatic nitrogens is 2. The van der Waals surface area contributed by atoms with Crippen molar-refractivity contribution in [3.8, 4) is 0 Å². The highest BCUT2D eigenvalue weighted by molar-refractivity contribution is 7.95. The van der Waals surface area contributed by atoms with Crippen LogP contribution in [0.2, 0.25) is 0 Å². The monoisotopic (exact) mass is 408 g/mol. The summed E-state index contributed by atoms with van der Waals surface area (Å²) in [4.78, 5) is 40.1. The quantitative estimate of drug-likeness (QED) is 0.485. The highest BCUT2D eigenvalue weighted by Gasteiger charge is 2.47. The van der Waals surface area contributed by atoms with Crippen LogP contribution in [0.4, 0.5) is 0 Å². The summed E-state index contributed by atoms with van der Waals surface area (Å²) in [5.74, 6) is -1.24. The van der Waals surface area contributed by atoms with E-state index in [4.69, 9.17) is 10.1 Å². The lowest BCUT2D eigenvalue weighted by Crippen LogP contribution is -2.50. The van der Waals surface area contributed by atoms with E-state index in [1.165, 1.54) is 27.7 Å². The Morgan fingerprint density at radius 1 is 1.25 bits per heavy atom. The van der Waals surface area contributed by atoms with Crippen molar-refractivity contribution in [2.45, 2.75) is 45.2 Å². The van der Waals surface area contributed by atoms with Crippen LogP contribution in [-0.2, 0) is 24.2 Å². The molecule has 1 aromatic rings. The minimum atomic E-state index is -4.27. The first-order chi connectivity index (χ1) is 12.8. The molecule has 28 heavy (non-hydrogen) atoms. The number of carbonyl (C=O) groups excluding carboxylic acids is 2. The number of aromatic amines is 1. The number of allylic oxidation sites excluding steroid dienone is 1. The third-order valence-corrected chi connectivity index (χ3v) is 6.21. The van der Waals surface area contributed by atoms with Crippen LogP contribution in [0.5, 0.6) is 0 Å². The average Bonchev–Trinajstić information content (AvgIpc) is 2.56. The van der Waals surface area contributed by atoms with Crippen LogP contribution in [0.15, 0.2) is 43.8 Å². The number of H-pyrrole nitrogens is 1. The number of sulfone groups is 1. The minimum Gasteiger partial charge on any atom is -0.446 e. The molecular weight excluding hydrogens is 388 g/mol. The Kier molecular flexibility index (Phi) is 5.42. The van der Waals surface area contributed by atoms with E-state index in [1.54, 1.807) is 0 Å². The smallest absolute Gasteiger partial charge is 0.345 e. The van der Waals surface area contributed by atoms with Crippen LogP contribution in [0.3, 0.4) is 0 Å². The summed E-state index contributed by atoms with van der Waals surface area (Å²) in [6.07, 6.45) is 1.05. The molecule has 0 bridgehead atoms. The van der Waals surface area contributed by atoms with Gasteiger partial charge in [-0.15, -0.1) is 0 Å². The number of amides is 1. The van der Waals surface area contributed by atoms with E-state index in [0.29, 0.717) is 0 Å². The van der Waals surface area contributed by atoms with Crippen molar-refractivity contribution in [3.63, 3.8) is 0 Å². The first kappa shape index (κ1) is 21.2. The maximum Gasteiger partial charge on any atom is 0.345 e. The summed E-state index contributed by atoms with van der Waals surface area (Å²) >= 11 is 0. The molecular formula is C17H20N4O6S. The lowest BCUT2D eigenvalue weighted by Gasteiger charge is -2.38. The minimum absolute atomic E-state index is 0.0213. The molecule has 0 saturated carbocycles. The Morgan fingerprint density at radius 3 is 2.36 bits per heavy atom. The molecule has 0 fully saturated rings. The predicted octanol–water partition coefficient (Wildman–Crippen LogP) is 0.583. The van der Waals surface area contributed by atoms with E-state index in [2.05, 4.69) is 15.3 Å². The van der Waals surface area contributed by atoms with Crippen molar-refractivity contribution in [2.24, 2.45) is 0 Å². The summed E-state index contributed by atoms with van der Waals surface area (Å²) in [5, 5.41) is 10.5. The lowest BCUT2D eigenvalue weighted by molar-refractivity contribution is -0.148. The Balaban J connectivity index is 2.83.